The molecule has 3 heterocycles. The van der Waals surface area contributed by atoms with Crippen molar-refractivity contribution in [1.29, 1.82) is 0 Å². The van der Waals surface area contributed by atoms with Crippen LogP contribution in [0.3, 0.4) is 0 Å². The molecule has 2 N–H and O–H groups in total. The molecule has 2 aliphatic heterocycles. The van der Waals surface area contributed by atoms with Crippen LogP contribution in [-0.4, -0.2) is 53.3 Å². The van der Waals surface area contributed by atoms with Crippen LogP contribution in [0.2, 0.25) is 0 Å². The number of aromatic nitrogens is 1. The van der Waals surface area contributed by atoms with E-state index in [4.69, 9.17) is 0 Å². The van der Waals surface area contributed by atoms with E-state index in [1.807, 2.05) is 0 Å². The Balaban J connectivity index is 1.53. The largest absolute Gasteiger partial charge is 0.389 e. The topological polar surface area (TPSA) is 48.4 Å². The van der Waals surface area contributed by atoms with Gasteiger partial charge in [0.1, 0.15) is 0 Å². The van der Waals surface area contributed by atoms with Crippen LogP contribution < -0.4 is 5.32 Å². The van der Waals surface area contributed by atoms with Crippen LogP contribution in [0.5, 0.6) is 0 Å². The van der Waals surface area contributed by atoms with Crippen LogP contribution >= 0.6 is 11.3 Å². The Morgan fingerprint density at radius 2 is 2.47 bits per heavy atom. The molecule has 2 aliphatic rings. The summed E-state index contributed by atoms with van der Waals surface area (Å²) >= 11 is 1.73. The minimum Gasteiger partial charge on any atom is -0.389 e. The van der Waals surface area contributed by atoms with Gasteiger partial charge in [-0.25, -0.2) is 4.98 Å². The number of rotatable bonds is 3. The fraction of sp³-hybridized carbons (Fsp3) is 0.786. The monoisotopic (exact) mass is 281 g/mol. The zero-order valence-corrected chi connectivity index (χ0v) is 12.4. The maximum Gasteiger partial charge on any atom is 0.0897 e. The number of likely N-dealkylation sites (tertiary alicyclic amines) is 1. The fourth-order valence-corrected chi connectivity index (χ4v) is 3.94. The molecule has 1 aromatic heterocycles. The molecule has 1 aromatic rings. The molecule has 0 radical (unpaired) electrons. The Bertz CT molecular complexity index is 436. The predicted molar refractivity (Wildman–Crippen MR) is 77.5 cm³/mol. The van der Waals surface area contributed by atoms with Crippen LogP contribution in [0, 0.1) is 12.8 Å². The van der Waals surface area contributed by atoms with Gasteiger partial charge in [0.25, 0.3) is 0 Å². The minimum atomic E-state index is -0.404. The lowest BCUT2D eigenvalue weighted by Gasteiger charge is -2.47. The molecule has 19 heavy (non-hydrogen) atoms. The molecule has 0 amide bonds. The normalized spacial score (nSPS) is 32.2. The average Bonchev–Trinajstić information content (AvgIpc) is 2.82. The highest BCUT2D eigenvalue weighted by atomic mass is 32.1. The van der Waals surface area contributed by atoms with Gasteiger partial charge in [-0.2, -0.15) is 0 Å². The molecule has 2 saturated heterocycles. The van der Waals surface area contributed by atoms with Crippen molar-refractivity contribution in [3.8, 4) is 0 Å². The van der Waals surface area contributed by atoms with Crippen molar-refractivity contribution in [2.75, 3.05) is 32.7 Å². The lowest BCUT2D eigenvalue weighted by Crippen LogP contribution is -2.59. The van der Waals surface area contributed by atoms with Crippen molar-refractivity contribution in [2.24, 2.45) is 5.92 Å². The Kier molecular flexibility index (Phi) is 3.89. The van der Waals surface area contributed by atoms with E-state index in [-0.39, 0.29) is 0 Å². The fourth-order valence-electron chi connectivity index (χ4n) is 3.29. The number of thiazole rings is 1. The molecule has 4 nitrogen and oxygen atoms in total. The Hall–Kier alpha value is -0.490. The maximum atomic E-state index is 10.6. The molecule has 2 atom stereocenters. The van der Waals surface area contributed by atoms with Gasteiger partial charge < -0.3 is 15.3 Å². The summed E-state index contributed by atoms with van der Waals surface area (Å²) in [4.78, 5) is 7.01. The van der Waals surface area contributed by atoms with Crippen LogP contribution in [0.25, 0.3) is 0 Å². The summed E-state index contributed by atoms with van der Waals surface area (Å²) in [6.45, 7) is 7.09. The first-order valence-electron chi connectivity index (χ1n) is 7.22. The van der Waals surface area contributed by atoms with Crippen LogP contribution in [-0.2, 0) is 6.42 Å². The third-order valence-corrected chi connectivity index (χ3v) is 5.40. The quantitative estimate of drug-likeness (QED) is 0.869. The van der Waals surface area contributed by atoms with Crippen LogP contribution in [0.4, 0.5) is 0 Å². The minimum absolute atomic E-state index is 0.396. The van der Waals surface area contributed by atoms with E-state index in [0.717, 1.165) is 57.0 Å². The van der Waals surface area contributed by atoms with E-state index in [0.29, 0.717) is 5.92 Å². The number of nitrogens with one attached hydrogen (secondary N) is 1. The summed E-state index contributed by atoms with van der Waals surface area (Å²) < 4.78 is 0. The highest BCUT2D eigenvalue weighted by Crippen LogP contribution is 2.32. The third-order valence-electron chi connectivity index (χ3n) is 4.58. The first-order chi connectivity index (χ1) is 9.16. The second-order valence-electron chi connectivity index (χ2n) is 5.91. The van der Waals surface area contributed by atoms with Gasteiger partial charge >= 0.3 is 0 Å². The molecule has 3 rings (SSSR count). The highest BCUT2D eigenvalue weighted by molar-refractivity contribution is 7.09. The summed E-state index contributed by atoms with van der Waals surface area (Å²) in [6.07, 6.45) is 2.87. The van der Waals surface area contributed by atoms with E-state index < -0.39 is 5.60 Å². The molecule has 2 fully saturated rings. The van der Waals surface area contributed by atoms with E-state index in [1.165, 1.54) is 5.69 Å². The van der Waals surface area contributed by atoms with Gasteiger partial charge in [-0.05, 0) is 26.3 Å². The van der Waals surface area contributed by atoms with E-state index in [1.54, 1.807) is 11.3 Å². The van der Waals surface area contributed by atoms with Crippen LogP contribution in [0.1, 0.15) is 23.5 Å². The molecule has 0 saturated carbocycles. The Morgan fingerprint density at radius 3 is 3.26 bits per heavy atom. The first-order valence-corrected chi connectivity index (χ1v) is 8.10. The number of hydrogen-bond donors (Lipinski definition) is 2. The summed E-state index contributed by atoms with van der Waals surface area (Å²) in [6, 6.07) is 0. The number of fused-ring (bicyclic) bond motifs is 1. The zero-order chi connectivity index (χ0) is 13.3. The number of aryl methyl sites for hydroxylation is 1. The molecule has 106 valence electrons. The summed E-state index contributed by atoms with van der Waals surface area (Å²) in [5.41, 5.74) is 0.809. The highest BCUT2D eigenvalue weighted by Gasteiger charge is 2.42. The Morgan fingerprint density at radius 1 is 1.58 bits per heavy atom. The molecule has 0 spiro atoms. The van der Waals surface area contributed by atoms with Crippen molar-refractivity contribution in [3.05, 3.63) is 16.1 Å². The van der Waals surface area contributed by atoms with Gasteiger partial charge in [0.2, 0.25) is 0 Å². The number of aliphatic hydroxyl groups is 1. The zero-order valence-electron chi connectivity index (χ0n) is 11.6. The molecule has 0 aliphatic carbocycles. The van der Waals surface area contributed by atoms with E-state index in [2.05, 4.69) is 27.5 Å². The predicted octanol–water partition coefficient (Wildman–Crippen LogP) is 1.04. The van der Waals surface area contributed by atoms with Gasteiger partial charge in [-0.3, -0.25) is 0 Å². The molecular weight excluding hydrogens is 258 g/mol. The second kappa shape index (κ2) is 5.48. The van der Waals surface area contributed by atoms with Crippen LogP contribution in [0.15, 0.2) is 5.38 Å². The summed E-state index contributed by atoms with van der Waals surface area (Å²) in [5, 5.41) is 17.3. The average molecular weight is 281 g/mol. The SMILES string of the molecule is Cc1nc(CCN2CC[C@@]3(O)CCNC[C@H]3C2)cs1. The maximum absolute atomic E-state index is 10.6. The van der Waals surface area contributed by atoms with E-state index in [9.17, 15) is 5.11 Å². The molecule has 0 unspecified atom stereocenters. The van der Waals surface area contributed by atoms with Crippen molar-refractivity contribution in [2.45, 2.75) is 31.8 Å². The Labute approximate surface area is 118 Å². The summed E-state index contributed by atoms with van der Waals surface area (Å²) in [5.74, 6) is 0.396. The van der Waals surface area contributed by atoms with Crippen molar-refractivity contribution >= 4 is 11.3 Å². The van der Waals surface area contributed by atoms with Crippen molar-refractivity contribution in [3.63, 3.8) is 0 Å². The van der Waals surface area contributed by atoms with Gasteiger partial charge in [-0.15, -0.1) is 11.3 Å². The molecular formula is C14H23N3OS. The van der Waals surface area contributed by atoms with Gasteiger partial charge in [0.15, 0.2) is 0 Å². The van der Waals surface area contributed by atoms with Crippen molar-refractivity contribution < 1.29 is 5.11 Å². The number of nitrogens with zero attached hydrogens (tertiary/aromatic N) is 2. The smallest absolute Gasteiger partial charge is 0.0897 e. The van der Waals surface area contributed by atoms with Crippen molar-refractivity contribution in [1.82, 2.24) is 15.2 Å². The molecule has 5 heteroatoms. The number of piperidine rings is 2. The van der Waals surface area contributed by atoms with Gasteiger partial charge in [0, 0.05) is 43.9 Å². The summed E-state index contributed by atoms with van der Waals surface area (Å²) in [7, 11) is 0. The lowest BCUT2D eigenvalue weighted by atomic mass is 9.76. The second-order valence-corrected chi connectivity index (χ2v) is 6.98. The molecule has 0 aromatic carbocycles. The molecule has 0 bridgehead atoms. The first kappa shape index (κ1) is 13.5. The number of hydrogen-bond acceptors (Lipinski definition) is 5. The standard InChI is InChI=1S/C14H23N3OS/c1-11-16-13(10-19-11)2-6-17-7-4-14(18)3-5-15-8-12(14)9-17/h10,12,15,18H,2-9H2,1H3/t12-,14-/m0/s1. The van der Waals surface area contributed by atoms with Gasteiger partial charge in [0.05, 0.1) is 16.3 Å². The third kappa shape index (κ3) is 2.99. The van der Waals surface area contributed by atoms with Gasteiger partial charge in [-0.1, -0.05) is 0 Å². The lowest BCUT2D eigenvalue weighted by molar-refractivity contribution is -0.0881. The van der Waals surface area contributed by atoms with E-state index >= 15 is 0 Å².